The third-order valence-electron chi connectivity index (χ3n) is 7.92. The Labute approximate surface area is 245 Å². The molecule has 0 spiro atoms. The number of ether oxygens (including phenoxy) is 1. The molecule has 208 valence electrons. The minimum Gasteiger partial charge on any atom is -0.497 e. The van der Waals surface area contributed by atoms with Crippen molar-refractivity contribution >= 4 is 29.1 Å². The van der Waals surface area contributed by atoms with Gasteiger partial charge in [-0.1, -0.05) is 53.8 Å². The average molecular weight is 575 g/mol. The van der Waals surface area contributed by atoms with E-state index in [1.807, 2.05) is 49.4 Å². The maximum Gasteiger partial charge on any atom is 0.335 e. The molecule has 1 aliphatic carbocycles. The van der Waals surface area contributed by atoms with Gasteiger partial charge in [0.1, 0.15) is 17.3 Å². The van der Waals surface area contributed by atoms with E-state index in [0.717, 1.165) is 52.1 Å². The van der Waals surface area contributed by atoms with Crippen molar-refractivity contribution in [2.24, 2.45) is 4.99 Å². The molecular formula is C34H26N2O5S. The van der Waals surface area contributed by atoms with Gasteiger partial charge in [0.05, 0.1) is 28.9 Å². The van der Waals surface area contributed by atoms with E-state index in [1.165, 1.54) is 16.9 Å². The molecule has 1 aliphatic heterocycles. The van der Waals surface area contributed by atoms with Crippen LogP contribution in [-0.4, -0.2) is 22.8 Å². The van der Waals surface area contributed by atoms with Gasteiger partial charge >= 0.3 is 5.97 Å². The molecule has 0 saturated heterocycles. The van der Waals surface area contributed by atoms with Crippen molar-refractivity contribution in [3.8, 4) is 17.1 Å². The largest absolute Gasteiger partial charge is 0.497 e. The average Bonchev–Trinajstić information content (AvgIpc) is 3.59. The summed E-state index contributed by atoms with van der Waals surface area (Å²) in [6.45, 7) is 1.85. The van der Waals surface area contributed by atoms with E-state index in [-0.39, 0.29) is 17.2 Å². The van der Waals surface area contributed by atoms with Crippen molar-refractivity contribution in [2.75, 3.05) is 7.11 Å². The van der Waals surface area contributed by atoms with Crippen LogP contribution in [0.5, 0.6) is 5.75 Å². The molecule has 2 aromatic heterocycles. The van der Waals surface area contributed by atoms with E-state index in [1.54, 1.807) is 36.0 Å². The van der Waals surface area contributed by atoms with E-state index in [9.17, 15) is 14.7 Å². The van der Waals surface area contributed by atoms with Gasteiger partial charge in [0.15, 0.2) is 4.80 Å². The molecule has 0 radical (unpaired) electrons. The first-order valence-corrected chi connectivity index (χ1v) is 14.4. The van der Waals surface area contributed by atoms with Crippen molar-refractivity contribution in [2.45, 2.75) is 25.8 Å². The zero-order valence-electron chi connectivity index (χ0n) is 23.0. The SMILES string of the molecule is COc1cccc(C2C3=C(N=c4s/c(=C/c5ccc(-c6ccc(C(=O)O)cc6C)o5)c(=O)n42)c2ccccc2CC3)c1. The number of thiazole rings is 1. The van der Waals surface area contributed by atoms with Crippen LogP contribution in [0, 0.1) is 6.92 Å². The molecule has 0 amide bonds. The van der Waals surface area contributed by atoms with Crippen LogP contribution in [-0.2, 0) is 6.42 Å². The highest BCUT2D eigenvalue weighted by Gasteiger charge is 2.32. The second kappa shape index (κ2) is 10.2. The fourth-order valence-corrected chi connectivity index (χ4v) is 6.89. The lowest BCUT2D eigenvalue weighted by Gasteiger charge is -2.31. The van der Waals surface area contributed by atoms with Crippen LogP contribution in [0.3, 0.4) is 0 Å². The highest BCUT2D eigenvalue weighted by atomic mass is 32.1. The smallest absolute Gasteiger partial charge is 0.335 e. The predicted molar refractivity (Wildman–Crippen MR) is 162 cm³/mol. The van der Waals surface area contributed by atoms with Gasteiger partial charge in [0.25, 0.3) is 5.56 Å². The number of carbonyl (C=O) groups is 1. The summed E-state index contributed by atoms with van der Waals surface area (Å²) in [7, 11) is 1.64. The first-order chi connectivity index (χ1) is 20.4. The molecule has 8 heteroatoms. The number of carboxylic acids is 1. The quantitative estimate of drug-likeness (QED) is 0.295. The van der Waals surface area contributed by atoms with Crippen LogP contribution in [0.1, 0.15) is 50.8 Å². The third kappa shape index (κ3) is 4.31. The van der Waals surface area contributed by atoms with Crippen LogP contribution in [0.4, 0.5) is 0 Å². The Morgan fingerprint density at radius 2 is 1.90 bits per heavy atom. The van der Waals surface area contributed by atoms with E-state index >= 15 is 0 Å². The van der Waals surface area contributed by atoms with Gasteiger partial charge < -0.3 is 14.3 Å². The van der Waals surface area contributed by atoms with E-state index < -0.39 is 5.97 Å². The molecule has 0 fully saturated rings. The Bertz CT molecular complexity index is 2110. The van der Waals surface area contributed by atoms with Crippen molar-refractivity contribution in [1.29, 1.82) is 0 Å². The highest BCUT2D eigenvalue weighted by Crippen LogP contribution is 2.41. The number of allylic oxidation sites excluding steroid dienone is 1. The minimum atomic E-state index is -0.974. The van der Waals surface area contributed by atoms with Crippen molar-refractivity contribution < 1.29 is 19.1 Å². The maximum absolute atomic E-state index is 14.0. The molecule has 1 unspecified atom stereocenters. The summed E-state index contributed by atoms with van der Waals surface area (Å²) in [5, 5.41) is 9.29. The Morgan fingerprint density at radius 3 is 2.71 bits per heavy atom. The lowest BCUT2D eigenvalue weighted by molar-refractivity contribution is 0.0696. The van der Waals surface area contributed by atoms with Gasteiger partial charge in [0.2, 0.25) is 0 Å². The summed E-state index contributed by atoms with van der Waals surface area (Å²) in [5.41, 5.74) is 7.10. The first-order valence-electron chi connectivity index (χ1n) is 13.6. The summed E-state index contributed by atoms with van der Waals surface area (Å²) in [4.78, 5) is 31.1. The van der Waals surface area contributed by atoms with Crippen LogP contribution in [0.2, 0.25) is 0 Å². The molecule has 3 aromatic carbocycles. The van der Waals surface area contributed by atoms with Gasteiger partial charge in [-0.2, -0.15) is 0 Å². The van der Waals surface area contributed by atoms with Crippen molar-refractivity contribution in [3.63, 3.8) is 0 Å². The molecule has 1 atom stereocenters. The van der Waals surface area contributed by atoms with Crippen molar-refractivity contribution in [1.82, 2.24) is 4.57 Å². The number of carboxylic acid groups (broad SMARTS) is 1. The van der Waals surface area contributed by atoms with Crippen LogP contribution < -0.4 is 19.6 Å². The molecule has 42 heavy (non-hydrogen) atoms. The summed E-state index contributed by atoms with van der Waals surface area (Å²) < 4.78 is 14.0. The molecule has 7 nitrogen and oxygen atoms in total. The number of furan rings is 1. The van der Waals surface area contributed by atoms with Gasteiger partial charge in [-0.25, -0.2) is 9.79 Å². The maximum atomic E-state index is 14.0. The molecule has 7 rings (SSSR count). The lowest BCUT2D eigenvalue weighted by Crippen LogP contribution is -2.38. The molecule has 5 aromatic rings. The number of aryl methyl sites for hydroxylation is 2. The van der Waals surface area contributed by atoms with Gasteiger partial charge in [-0.15, -0.1) is 0 Å². The van der Waals surface area contributed by atoms with E-state index in [0.29, 0.717) is 20.9 Å². The van der Waals surface area contributed by atoms with E-state index in [4.69, 9.17) is 14.1 Å². The van der Waals surface area contributed by atoms with Crippen molar-refractivity contribution in [3.05, 3.63) is 138 Å². The summed E-state index contributed by atoms with van der Waals surface area (Å²) in [6, 6.07) is 24.5. The standard InChI is InChI=1S/C34H26N2O5S/c1-19-16-22(33(38)39)11-13-25(19)28-15-12-24(41-28)18-29-32(37)36-31(21-7-5-8-23(17-21)40-2)27-14-10-20-6-3-4-9-26(20)30(27)35-34(36)42-29/h3-9,11-13,15-18,31H,10,14H2,1-2H3,(H,38,39)/b29-18+. The first kappa shape index (κ1) is 26.0. The molecular weight excluding hydrogens is 548 g/mol. The molecule has 0 bridgehead atoms. The fourth-order valence-electron chi connectivity index (χ4n) is 5.91. The summed E-state index contributed by atoms with van der Waals surface area (Å²) in [6.07, 6.45) is 3.45. The Morgan fingerprint density at radius 1 is 1.05 bits per heavy atom. The fraction of sp³-hybridized carbons (Fsp3) is 0.147. The normalized spacial score (nSPS) is 16.0. The minimum absolute atomic E-state index is 0.128. The number of methoxy groups -OCH3 is 1. The van der Waals surface area contributed by atoms with Crippen LogP contribution >= 0.6 is 11.3 Å². The number of hydrogen-bond donors (Lipinski definition) is 1. The van der Waals surface area contributed by atoms with Gasteiger partial charge in [-0.3, -0.25) is 9.36 Å². The summed E-state index contributed by atoms with van der Waals surface area (Å²) >= 11 is 1.35. The number of aromatic nitrogens is 1. The Hall–Kier alpha value is -4.95. The number of benzene rings is 3. The van der Waals surface area contributed by atoms with Gasteiger partial charge in [0, 0.05) is 17.2 Å². The lowest BCUT2D eigenvalue weighted by atomic mass is 9.83. The monoisotopic (exact) mass is 574 g/mol. The number of hydrogen-bond acceptors (Lipinski definition) is 6. The summed E-state index contributed by atoms with van der Waals surface area (Å²) in [5.74, 6) is 0.895. The molecule has 0 saturated carbocycles. The molecule has 1 N–H and O–H groups in total. The second-order valence-electron chi connectivity index (χ2n) is 10.4. The zero-order chi connectivity index (χ0) is 29.0. The number of rotatable bonds is 5. The topological polar surface area (TPSA) is 94.0 Å². The van der Waals surface area contributed by atoms with E-state index in [2.05, 4.69) is 18.2 Å². The Kier molecular flexibility index (Phi) is 6.28. The van der Waals surface area contributed by atoms with Crippen LogP contribution in [0.15, 0.2) is 98.6 Å². The second-order valence-corrected chi connectivity index (χ2v) is 11.4. The Balaban J connectivity index is 1.37. The van der Waals surface area contributed by atoms with Gasteiger partial charge in [-0.05, 0) is 78.4 Å². The third-order valence-corrected chi connectivity index (χ3v) is 8.90. The predicted octanol–water partition coefficient (Wildman–Crippen LogP) is 5.59. The number of nitrogens with zero attached hydrogens (tertiary/aromatic N) is 2. The number of aromatic carboxylic acids is 1. The molecule has 2 aliphatic rings. The highest BCUT2D eigenvalue weighted by molar-refractivity contribution is 7.07. The molecule has 3 heterocycles. The zero-order valence-corrected chi connectivity index (χ0v) is 23.8. The van der Waals surface area contributed by atoms with Crippen LogP contribution in [0.25, 0.3) is 23.1 Å². The number of fused-ring (bicyclic) bond motifs is 3.